The predicted octanol–water partition coefficient (Wildman–Crippen LogP) is 2.71. The molecule has 0 heterocycles. The summed E-state index contributed by atoms with van der Waals surface area (Å²) in [6.07, 6.45) is 17.1. The van der Waals surface area contributed by atoms with Crippen LogP contribution in [0, 0.1) is 0 Å². The molecule has 2 rings (SSSR count). The van der Waals surface area contributed by atoms with Crippen molar-refractivity contribution in [3.05, 3.63) is 48.6 Å². The van der Waals surface area contributed by atoms with Gasteiger partial charge in [-0.25, -0.2) is 0 Å². The van der Waals surface area contributed by atoms with Gasteiger partial charge in [0.05, 0.1) is 0 Å². The van der Waals surface area contributed by atoms with Gasteiger partial charge in [-0.15, -0.1) is 0 Å². The van der Waals surface area contributed by atoms with E-state index in [9.17, 15) is 0 Å². The van der Waals surface area contributed by atoms with Gasteiger partial charge in [-0.2, -0.15) is 0 Å². The molecule has 0 aromatic carbocycles. The molecule has 0 bridgehead atoms. The summed E-state index contributed by atoms with van der Waals surface area (Å²) in [7, 11) is 3.58. The van der Waals surface area contributed by atoms with Crippen molar-refractivity contribution in [3.63, 3.8) is 0 Å². The van der Waals surface area contributed by atoms with Crippen LogP contribution in [0.1, 0.15) is 0 Å². The Bertz CT molecular complexity index is 284. The number of rotatable bonds is 4. The van der Waals surface area contributed by atoms with E-state index in [-0.39, 0.29) is 0 Å². The van der Waals surface area contributed by atoms with Gasteiger partial charge in [-0.05, 0) is 0 Å². The van der Waals surface area contributed by atoms with E-state index in [0.717, 1.165) is 0 Å². The molecule has 0 saturated carbocycles. The van der Waals surface area contributed by atoms with E-state index in [4.69, 9.17) is 6.15 Å². The Morgan fingerprint density at radius 3 is 1.33 bits per heavy atom. The van der Waals surface area contributed by atoms with Crippen LogP contribution in [0.4, 0.5) is 0 Å². The Kier molecular flexibility index (Phi) is 3.48. The SMILES string of the molecule is C[O][Sn]([O]C)([CH]1C=CC=C1)[CH]1C=CC=C1. The molecule has 0 N–H and O–H groups in total. The van der Waals surface area contributed by atoms with Crippen LogP contribution >= 0.6 is 0 Å². The zero-order valence-electron chi connectivity index (χ0n) is 9.09. The first-order chi connectivity index (χ1) is 7.33. The zero-order chi connectivity index (χ0) is 10.7. The van der Waals surface area contributed by atoms with Crippen LogP contribution in [-0.2, 0) is 6.15 Å². The van der Waals surface area contributed by atoms with E-state index >= 15 is 0 Å². The van der Waals surface area contributed by atoms with Crippen molar-refractivity contribution < 1.29 is 6.15 Å². The maximum absolute atomic E-state index is 5.84. The van der Waals surface area contributed by atoms with Crippen molar-refractivity contribution in [3.8, 4) is 0 Å². The third-order valence-electron chi connectivity index (χ3n) is 3.06. The summed E-state index contributed by atoms with van der Waals surface area (Å²) in [6, 6.07) is 0. The second-order valence-corrected chi connectivity index (χ2v) is 14.0. The summed E-state index contributed by atoms with van der Waals surface area (Å²) in [5, 5.41) is 0. The fourth-order valence-corrected chi connectivity index (χ4v) is 11.4. The van der Waals surface area contributed by atoms with Crippen LogP contribution in [0.25, 0.3) is 0 Å². The standard InChI is InChI=1S/2C5H5.2CH3O.Sn/c2*1-2-4-5-3-1;2*1-2;/h2*1-5H;2*1H3;/q;;2*-1;+2. The summed E-state index contributed by atoms with van der Waals surface area (Å²) in [4.78, 5) is 0. The average Bonchev–Trinajstić information content (AvgIpc) is 2.92. The topological polar surface area (TPSA) is 18.5 Å². The fourth-order valence-electron chi connectivity index (χ4n) is 2.25. The molecule has 0 spiro atoms. The Morgan fingerprint density at radius 1 is 0.733 bits per heavy atom. The van der Waals surface area contributed by atoms with E-state index in [1.807, 2.05) is 0 Å². The molecule has 0 aliphatic heterocycles. The number of hydrogen-bond acceptors (Lipinski definition) is 2. The predicted molar refractivity (Wildman–Crippen MR) is 63.8 cm³/mol. The molecule has 2 nitrogen and oxygen atoms in total. The van der Waals surface area contributed by atoms with E-state index in [1.165, 1.54) is 0 Å². The second-order valence-electron chi connectivity index (χ2n) is 3.72. The van der Waals surface area contributed by atoms with Crippen molar-refractivity contribution in [2.45, 2.75) is 7.87 Å². The minimum atomic E-state index is -3.05. The number of allylic oxidation sites excluding steroid dienone is 8. The van der Waals surface area contributed by atoms with E-state index in [1.54, 1.807) is 14.2 Å². The van der Waals surface area contributed by atoms with E-state index in [2.05, 4.69) is 48.6 Å². The van der Waals surface area contributed by atoms with Gasteiger partial charge >= 0.3 is 96.0 Å². The zero-order valence-corrected chi connectivity index (χ0v) is 11.9. The van der Waals surface area contributed by atoms with Crippen LogP contribution in [0.2, 0.25) is 7.87 Å². The van der Waals surface area contributed by atoms with Crippen molar-refractivity contribution in [2.75, 3.05) is 14.2 Å². The monoisotopic (exact) mass is 312 g/mol. The molecular formula is C12H16O2Sn. The molecule has 0 amide bonds. The Labute approximate surface area is 95.9 Å². The maximum atomic E-state index is 5.84. The minimum absolute atomic E-state index is 0.381. The Balaban J connectivity index is 2.29. The Hall–Kier alpha value is -0.321. The third kappa shape index (κ3) is 1.86. The van der Waals surface area contributed by atoms with Crippen LogP contribution in [-0.4, -0.2) is 33.4 Å². The van der Waals surface area contributed by atoms with Crippen LogP contribution in [0.5, 0.6) is 0 Å². The summed E-state index contributed by atoms with van der Waals surface area (Å²) >= 11 is -3.05. The first-order valence-corrected chi connectivity index (χ1v) is 10.8. The van der Waals surface area contributed by atoms with Crippen molar-refractivity contribution in [1.29, 1.82) is 0 Å². The van der Waals surface area contributed by atoms with Crippen LogP contribution < -0.4 is 0 Å². The molecule has 0 aromatic rings. The molecule has 0 saturated heterocycles. The molecule has 80 valence electrons. The second kappa shape index (κ2) is 4.68. The van der Waals surface area contributed by atoms with Crippen molar-refractivity contribution in [1.82, 2.24) is 0 Å². The Morgan fingerprint density at radius 2 is 1.07 bits per heavy atom. The molecule has 0 radical (unpaired) electrons. The summed E-state index contributed by atoms with van der Waals surface area (Å²) in [5.41, 5.74) is 0. The molecule has 0 fully saturated rings. The molecule has 0 aromatic heterocycles. The van der Waals surface area contributed by atoms with Gasteiger partial charge < -0.3 is 0 Å². The van der Waals surface area contributed by atoms with Gasteiger partial charge in [-0.3, -0.25) is 0 Å². The first-order valence-electron chi connectivity index (χ1n) is 5.14. The summed E-state index contributed by atoms with van der Waals surface area (Å²) in [6.45, 7) is 0. The van der Waals surface area contributed by atoms with E-state index < -0.39 is 19.2 Å². The molecule has 2 aliphatic rings. The molecule has 0 atom stereocenters. The quantitative estimate of drug-likeness (QED) is 0.743. The van der Waals surface area contributed by atoms with Gasteiger partial charge in [0.1, 0.15) is 0 Å². The molecule has 0 unspecified atom stereocenters. The van der Waals surface area contributed by atoms with E-state index in [0.29, 0.717) is 7.87 Å². The molecule has 2 aliphatic carbocycles. The normalized spacial score (nSPS) is 20.9. The molecular weight excluding hydrogens is 295 g/mol. The van der Waals surface area contributed by atoms with Crippen molar-refractivity contribution in [2.24, 2.45) is 0 Å². The van der Waals surface area contributed by atoms with Gasteiger partial charge in [0.2, 0.25) is 0 Å². The van der Waals surface area contributed by atoms with Crippen LogP contribution in [0.15, 0.2) is 48.6 Å². The van der Waals surface area contributed by atoms with Gasteiger partial charge in [0.15, 0.2) is 0 Å². The third-order valence-corrected chi connectivity index (χ3v) is 14.2. The number of hydrogen-bond donors (Lipinski definition) is 0. The average molecular weight is 311 g/mol. The molecule has 3 heteroatoms. The molecule has 15 heavy (non-hydrogen) atoms. The summed E-state index contributed by atoms with van der Waals surface area (Å²) in [5.74, 6) is 0. The van der Waals surface area contributed by atoms with Gasteiger partial charge in [-0.1, -0.05) is 0 Å². The van der Waals surface area contributed by atoms with Gasteiger partial charge in [0, 0.05) is 0 Å². The van der Waals surface area contributed by atoms with Gasteiger partial charge in [0.25, 0.3) is 0 Å². The summed E-state index contributed by atoms with van der Waals surface area (Å²) < 4.78 is 12.4. The van der Waals surface area contributed by atoms with Crippen LogP contribution in [0.3, 0.4) is 0 Å². The first kappa shape index (κ1) is 11.2. The van der Waals surface area contributed by atoms with Crippen molar-refractivity contribution >= 4 is 19.2 Å². The fraction of sp³-hybridized carbons (Fsp3) is 0.333.